The third-order valence-electron chi connectivity index (χ3n) is 6.59. The highest BCUT2D eigenvalue weighted by Gasteiger charge is 2.45. The molecule has 4 heterocycles. The number of hydrogen-bond donors (Lipinski definition) is 2. The first-order valence-corrected chi connectivity index (χ1v) is 10.4. The van der Waals surface area contributed by atoms with E-state index in [4.69, 9.17) is 0 Å². The highest BCUT2D eigenvalue weighted by atomic mass is 16.2. The Morgan fingerprint density at radius 3 is 2.97 bits per heavy atom. The van der Waals surface area contributed by atoms with E-state index in [1.165, 1.54) is 23.0 Å². The Morgan fingerprint density at radius 2 is 2.20 bits per heavy atom. The van der Waals surface area contributed by atoms with Gasteiger partial charge in [-0.2, -0.15) is 9.78 Å². The van der Waals surface area contributed by atoms with Crippen LogP contribution in [0.2, 0.25) is 0 Å². The van der Waals surface area contributed by atoms with Gasteiger partial charge in [-0.25, -0.2) is 0 Å². The molecule has 2 aliphatic rings. The van der Waals surface area contributed by atoms with Crippen molar-refractivity contribution >= 4 is 5.91 Å². The van der Waals surface area contributed by atoms with E-state index in [0.717, 1.165) is 45.3 Å². The van der Waals surface area contributed by atoms with Gasteiger partial charge in [0, 0.05) is 31.0 Å². The van der Waals surface area contributed by atoms with Gasteiger partial charge in [0.25, 0.3) is 5.91 Å². The molecule has 0 aromatic carbocycles. The van der Waals surface area contributed by atoms with Gasteiger partial charge < -0.3 is 5.32 Å². The van der Waals surface area contributed by atoms with Gasteiger partial charge in [-0.15, -0.1) is 5.10 Å². The summed E-state index contributed by atoms with van der Waals surface area (Å²) in [7, 11) is 0. The molecule has 1 aliphatic heterocycles. The summed E-state index contributed by atoms with van der Waals surface area (Å²) in [5, 5.41) is 21.2. The SMILES string of the molecule is O=C(NC1CCCC12CCN(Cc1cccnc1)CC2)c1cc(-n2cnnn2)n[nH]1. The molecular weight excluding hydrogens is 382 g/mol. The van der Waals surface area contributed by atoms with Crippen molar-refractivity contribution in [3.8, 4) is 5.82 Å². The molecule has 1 unspecified atom stereocenters. The van der Waals surface area contributed by atoms with Gasteiger partial charge in [0.1, 0.15) is 12.0 Å². The van der Waals surface area contributed by atoms with E-state index < -0.39 is 0 Å². The van der Waals surface area contributed by atoms with E-state index in [0.29, 0.717) is 11.5 Å². The number of rotatable bonds is 5. The van der Waals surface area contributed by atoms with Gasteiger partial charge in [0.05, 0.1) is 0 Å². The van der Waals surface area contributed by atoms with Crippen LogP contribution in [0.3, 0.4) is 0 Å². The van der Waals surface area contributed by atoms with E-state index >= 15 is 0 Å². The topological polar surface area (TPSA) is 118 Å². The first-order chi connectivity index (χ1) is 14.7. The van der Waals surface area contributed by atoms with Crippen LogP contribution in [-0.4, -0.2) is 65.3 Å². The van der Waals surface area contributed by atoms with Crippen molar-refractivity contribution in [2.75, 3.05) is 13.1 Å². The van der Waals surface area contributed by atoms with Crippen molar-refractivity contribution < 1.29 is 4.79 Å². The monoisotopic (exact) mass is 407 g/mol. The molecule has 10 nitrogen and oxygen atoms in total. The zero-order chi connectivity index (χ0) is 20.4. The molecule has 3 aromatic rings. The first kappa shape index (κ1) is 18.9. The lowest BCUT2D eigenvalue weighted by Crippen LogP contribution is -2.50. The molecule has 10 heteroatoms. The van der Waals surface area contributed by atoms with E-state index in [-0.39, 0.29) is 17.4 Å². The van der Waals surface area contributed by atoms with Crippen LogP contribution in [-0.2, 0) is 6.54 Å². The minimum Gasteiger partial charge on any atom is -0.347 e. The lowest BCUT2D eigenvalue weighted by atomic mass is 9.74. The first-order valence-electron chi connectivity index (χ1n) is 10.4. The lowest BCUT2D eigenvalue weighted by molar-refractivity contribution is 0.0682. The Labute approximate surface area is 174 Å². The standard InChI is InChI=1S/C20H25N9O/c30-19(16-11-18(25-24-16)29-14-22-26-27-29)23-17-4-1-5-20(17)6-9-28(10-7-20)13-15-3-2-8-21-12-15/h2-3,8,11-12,14,17H,1,4-7,9-10,13H2,(H,23,30)(H,24,25). The second-order valence-electron chi connectivity index (χ2n) is 8.31. The van der Waals surface area contributed by atoms with Crippen molar-refractivity contribution in [1.29, 1.82) is 0 Å². The van der Waals surface area contributed by atoms with Crippen LogP contribution in [0, 0.1) is 5.41 Å². The number of nitrogens with one attached hydrogen (secondary N) is 2. The molecule has 1 atom stereocenters. The Bertz CT molecular complexity index is 977. The van der Waals surface area contributed by atoms with Crippen LogP contribution in [0.4, 0.5) is 0 Å². The largest absolute Gasteiger partial charge is 0.347 e. The quantitative estimate of drug-likeness (QED) is 0.655. The summed E-state index contributed by atoms with van der Waals surface area (Å²) in [5.41, 5.74) is 1.87. The number of likely N-dealkylation sites (tertiary alicyclic amines) is 1. The Balaban J connectivity index is 1.21. The zero-order valence-corrected chi connectivity index (χ0v) is 16.7. The molecule has 5 rings (SSSR count). The van der Waals surface area contributed by atoms with E-state index in [1.54, 1.807) is 6.07 Å². The molecule has 0 radical (unpaired) electrons. The summed E-state index contributed by atoms with van der Waals surface area (Å²) < 4.78 is 1.42. The van der Waals surface area contributed by atoms with Crippen molar-refractivity contribution in [1.82, 2.24) is 45.6 Å². The fourth-order valence-electron chi connectivity index (χ4n) is 4.92. The van der Waals surface area contributed by atoms with Gasteiger partial charge >= 0.3 is 0 Å². The number of carbonyl (C=O) groups excluding carboxylic acids is 1. The molecule has 1 saturated carbocycles. The van der Waals surface area contributed by atoms with E-state index in [1.807, 2.05) is 18.5 Å². The van der Waals surface area contributed by atoms with E-state index in [9.17, 15) is 4.79 Å². The number of carbonyl (C=O) groups is 1. The van der Waals surface area contributed by atoms with Crippen LogP contribution in [0.15, 0.2) is 36.9 Å². The average molecular weight is 407 g/mol. The second-order valence-corrected chi connectivity index (χ2v) is 8.31. The number of hydrogen-bond acceptors (Lipinski definition) is 7. The van der Waals surface area contributed by atoms with Crippen LogP contribution >= 0.6 is 0 Å². The predicted molar refractivity (Wildman–Crippen MR) is 108 cm³/mol. The number of amides is 1. The number of H-pyrrole nitrogens is 1. The maximum Gasteiger partial charge on any atom is 0.269 e. The molecule has 2 fully saturated rings. The Morgan fingerprint density at radius 1 is 1.30 bits per heavy atom. The number of nitrogens with zero attached hydrogens (tertiary/aromatic N) is 7. The average Bonchev–Trinajstić information content (AvgIpc) is 3.52. The van der Waals surface area contributed by atoms with Gasteiger partial charge in [0.2, 0.25) is 0 Å². The third-order valence-corrected chi connectivity index (χ3v) is 6.59. The fraction of sp³-hybridized carbons (Fsp3) is 0.500. The van der Waals surface area contributed by atoms with E-state index in [2.05, 4.69) is 47.0 Å². The smallest absolute Gasteiger partial charge is 0.269 e. The second kappa shape index (κ2) is 7.94. The molecule has 1 spiro atoms. The minimum absolute atomic E-state index is 0.120. The van der Waals surface area contributed by atoms with Crippen LogP contribution < -0.4 is 5.32 Å². The van der Waals surface area contributed by atoms with Crippen LogP contribution in [0.5, 0.6) is 0 Å². The number of piperidine rings is 1. The van der Waals surface area contributed by atoms with Crippen molar-refractivity contribution in [2.24, 2.45) is 5.41 Å². The summed E-state index contributed by atoms with van der Waals surface area (Å²) in [6.45, 7) is 3.04. The number of aromatic amines is 1. The maximum atomic E-state index is 12.9. The lowest BCUT2D eigenvalue weighted by Gasteiger charge is -2.43. The molecule has 3 aromatic heterocycles. The van der Waals surface area contributed by atoms with Gasteiger partial charge in [-0.1, -0.05) is 12.5 Å². The highest BCUT2D eigenvalue weighted by molar-refractivity contribution is 5.92. The third kappa shape index (κ3) is 3.70. The molecule has 30 heavy (non-hydrogen) atoms. The number of pyridine rings is 1. The summed E-state index contributed by atoms with van der Waals surface area (Å²) in [5.74, 6) is 0.376. The molecule has 1 amide bonds. The molecule has 0 bridgehead atoms. The normalized spacial score (nSPS) is 21.1. The Kier molecular flexibility index (Phi) is 4.99. The predicted octanol–water partition coefficient (Wildman–Crippen LogP) is 1.35. The zero-order valence-electron chi connectivity index (χ0n) is 16.7. The molecular formula is C20H25N9O. The van der Waals surface area contributed by atoms with Gasteiger partial charge in [-0.3, -0.25) is 19.8 Å². The van der Waals surface area contributed by atoms with Gasteiger partial charge in [-0.05, 0) is 66.2 Å². The highest BCUT2D eigenvalue weighted by Crippen LogP contribution is 2.46. The van der Waals surface area contributed by atoms with Gasteiger partial charge in [0.15, 0.2) is 5.82 Å². The summed E-state index contributed by atoms with van der Waals surface area (Å²) in [4.78, 5) is 19.6. The maximum absolute atomic E-state index is 12.9. The van der Waals surface area contributed by atoms with Crippen LogP contribution in [0.25, 0.3) is 5.82 Å². The fourth-order valence-corrected chi connectivity index (χ4v) is 4.92. The molecule has 2 N–H and O–H groups in total. The summed E-state index contributed by atoms with van der Waals surface area (Å²) in [6, 6.07) is 5.99. The minimum atomic E-state index is -0.120. The molecule has 156 valence electrons. The summed E-state index contributed by atoms with van der Waals surface area (Å²) >= 11 is 0. The van der Waals surface area contributed by atoms with Crippen molar-refractivity contribution in [3.05, 3.63) is 48.2 Å². The molecule has 1 saturated heterocycles. The van der Waals surface area contributed by atoms with Crippen molar-refractivity contribution in [3.63, 3.8) is 0 Å². The van der Waals surface area contributed by atoms with Crippen LogP contribution in [0.1, 0.15) is 48.2 Å². The summed E-state index contributed by atoms with van der Waals surface area (Å²) in [6.07, 6.45) is 10.8. The number of aromatic nitrogens is 7. The Hall–Kier alpha value is -3.14. The number of tetrazole rings is 1. The molecule has 1 aliphatic carbocycles. The van der Waals surface area contributed by atoms with Crippen molar-refractivity contribution in [2.45, 2.75) is 44.7 Å².